The molecule has 2 aliphatic rings. The van der Waals surface area contributed by atoms with Gasteiger partial charge < -0.3 is 10.2 Å². The summed E-state index contributed by atoms with van der Waals surface area (Å²) in [7, 11) is 0. The summed E-state index contributed by atoms with van der Waals surface area (Å²) in [6.07, 6.45) is 8.37. The van der Waals surface area contributed by atoms with Crippen LogP contribution < -0.4 is 5.32 Å². The number of hydrogen-bond donors (Lipinski definition) is 1. The number of hydrogen-bond acceptors (Lipinski definition) is 2. The number of benzene rings is 1. The normalized spacial score (nSPS) is 18.6. The number of halogens is 3. The lowest BCUT2D eigenvalue weighted by molar-refractivity contribution is 0.148. The summed E-state index contributed by atoms with van der Waals surface area (Å²) < 4.78 is 39.9. The van der Waals surface area contributed by atoms with Crippen molar-refractivity contribution in [2.75, 3.05) is 38.0 Å². The van der Waals surface area contributed by atoms with Gasteiger partial charge in [0.2, 0.25) is 0 Å². The molecular weight excluding hydrogens is 343 g/mol. The van der Waals surface area contributed by atoms with Crippen molar-refractivity contribution >= 4 is 11.7 Å². The lowest BCUT2D eigenvalue weighted by Gasteiger charge is -2.35. The summed E-state index contributed by atoms with van der Waals surface area (Å²) >= 11 is 0. The third-order valence-corrected chi connectivity index (χ3v) is 5.07. The van der Waals surface area contributed by atoms with Gasteiger partial charge in [-0.1, -0.05) is 11.6 Å². The van der Waals surface area contributed by atoms with E-state index in [2.05, 4.69) is 16.3 Å². The number of anilines is 1. The Kier molecular flexibility index (Phi) is 6.19. The summed E-state index contributed by atoms with van der Waals surface area (Å²) in [6.45, 7) is 3.54. The van der Waals surface area contributed by atoms with Gasteiger partial charge in [-0.05, 0) is 44.2 Å². The van der Waals surface area contributed by atoms with Crippen molar-refractivity contribution < 1.29 is 18.0 Å². The first-order valence-electron chi connectivity index (χ1n) is 9.14. The quantitative estimate of drug-likeness (QED) is 0.641. The summed E-state index contributed by atoms with van der Waals surface area (Å²) in [5, 5.41) is 2.32. The molecule has 3 rings (SSSR count). The molecule has 0 bridgehead atoms. The van der Waals surface area contributed by atoms with Crippen LogP contribution in [-0.4, -0.2) is 48.6 Å². The molecule has 0 saturated carbocycles. The second-order valence-electron chi connectivity index (χ2n) is 6.84. The number of carbonyl (C=O) groups is 1. The molecule has 7 heteroatoms. The molecule has 4 nitrogen and oxygen atoms in total. The molecule has 1 aromatic rings. The van der Waals surface area contributed by atoms with E-state index in [1.54, 1.807) is 4.90 Å². The van der Waals surface area contributed by atoms with Crippen LogP contribution in [-0.2, 0) is 0 Å². The highest BCUT2D eigenvalue weighted by Crippen LogP contribution is 2.22. The fraction of sp³-hybridized carbons (Fsp3) is 0.526. The van der Waals surface area contributed by atoms with Crippen molar-refractivity contribution in [3.63, 3.8) is 0 Å². The summed E-state index contributed by atoms with van der Waals surface area (Å²) in [5.74, 6) is -4.23. The minimum atomic E-state index is -1.58. The highest BCUT2D eigenvalue weighted by atomic mass is 19.2. The van der Waals surface area contributed by atoms with Crippen LogP contribution in [0, 0.1) is 17.5 Å². The Hall–Kier alpha value is -2.02. The lowest BCUT2D eigenvalue weighted by atomic mass is 9.97. The lowest BCUT2D eigenvalue weighted by Crippen LogP contribution is -2.50. The van der Waals surface area contributed by atoms with E-state index in [9.17, 15) is 18.0 Å². The number of nitrogens with one attached hydrogen (secondary N) is 1. The molecule has 0 radical (unpaired) electrons. The van der Waals surface area contributed by atoms with Crippen LogP contribution in [0.15, 0.2) is 23.8 Å². The second kappa shape index (κ2) is 8.58. The van der Waals surface area contributed by atoms with Gasteiger partial charge in [0.25, 0.3) is 0 Å². The SMILES string of the molecule is O=C(Nc1ccc(F)c(F)c1F)N1CCN(CCC2=CCCCC2)CC1. The Bertz CT molecular complexity index is 685. The van der Waals surface area contributed by atoms with Gasteiger partial charge in [0, 0.05) is 32.7 Å². The Labute approximate surface area is 151 Å². The molecule has 1 saturated heterocycles. The number of urea groups is 1. The highest BCUT2D eigenvalue weighted by molar-refractivity contribution is 5.89. The van der Waals surface area contributed by atoms with Crippen molar-refractivity contribution in [1.29, 1.82) is 0 Å². The van der Waals surface area contributed by atoms with E-state index in [-0.39, 0.29) is 5.69 Å². The second-order valence-corrected chi connectivity index (χ2v) is 6.84. The van der Waals surface area contributed by atoms with Crippen LogP contribution in [0.25, 0.3) is 0 Å². The molecule has 0 atom stereocenters. The molecule has 1 N–H and O–H groups in total. The Morgan fingerprint density at radius 1 is 1.04 bits per heavy atom. The van der Waals surface area contributed by atoms with E-state index in [4.69, 9.17) is 0 Å². The Balaban J connectivity index is 1.46. The molecular formula is C19H24F3N3O. The van der Waals surface area contributed by atoms with Gasteiger partial charge in [-0.2, -0.15) is 0 Å². The van der Waals surface area contributed by atoms with Crippen LogP contribution in [0.5, 0.6) is 0 Å². The minimum absolute atomic E-state index is 0.347. The molecule has 26 heavy (non-hydrogen) atoms. The Morgan fingerprint density at radius 3 is 2.50 bits per heavy atom. The maximum atomic E-state index is 13.7. The van der Waals surface area contributed by atoms with E-state index in [1.165, 1.54) is 31.3 Å². The zero-order valence-corrected chi connectivity index (χ0v) is 14.7. The summed E-state index contributed by atoms with van der Waals surface area (Å²) in [5.41, 5.74) is 1.19. The van der Waals surface area contributed by atoms with Gasteiger partial charge in [-0.15, -0.1) is 0 Å². The van der Waals surface area contributed by atoms with E-state index in [1.807, 2.05) is 0 Å². The highest BCUT2D eigenvalue weighted by Gasteiger charge is 2.23. The van der Waals surface area contributed by atoms with Crippen LogP contribution >= 0.6 is 0 Å². The van der Waals surface area contributed by atoms with Gasteiger partial charge >= 0.3 is 6.03 Å². The average molecular weight is 367 g/mol. The molecule has 1 aliphatic heterocycles. The van der Waals surface area contributed by atoms with Crippen LogP contribution in [0.4, 0.5) is 23.7 Å². The number of piperazine rings is 1. The molecule has 1 aliphatic carbocycles. The molecule has 2 amide bonds. The first-order chi connectivity index (χ1) is 12.5. The van der Waals surface area contributed by atoms with E-state index < -0.39 is 23.5 Å². The van der Waals surface area contributed by atoms with Crippen LogP contribution in [0.3, 0.4) is 0 Å². The Morgan fingerprint density at radius 2 is 1.81 bits per heavy atom. The molecule has 0 unspecified atom stereocenters. The van der Waals surface area contributed by atoms with Crippen LogP contribution in [0.1, 0.15) is 32.1 Å². The predicted molar refractivity (Wildman–Crippen MR) is 94.5 cm³/mol. The van der Waals surface area contributed by atoms with Crippen molar-refractivity contribution in [2.45, 2.75) is 32.1 Å². The zero-order chi connectivity index (χ0) is 18.5. The average Bonchev–Trinajstić information content (AvgIpc) is 2.68. The van der Waals surface area contributed by atoms with Gasteiger partial charge in [-0.25, -0.2) is 18.0 Å². The number of amides is 2. The molecule has 1 heterocycles. The molecule has 0 aromatic heterocycles. The molecule has 1 fully saturated rings. The first kappa shape index (κ1) is 18.8. The smallest absolute Gasteiger partial charge is 0.322 e. The zero-order valence-electron chi connectivity index (χ0n) is 14.7. The van der Waals surface area contributed by atoms with Gasteiger partial charge in [0.15, 0.2) is 17.5 Å². The van der Waals surface area contributed by atoms with Crippen molar-refractivity contribution in [2.24, 2.45) is 0 Å². The minimum Gasteiger partial charge on any atom is -0.322 e. The number of nitrogens with zero attached hydrogens (tertiary/aromatic N) is 2. The predicted octanol–water partition coefficient (Wildman–Crippen LogP) is 4.14. The maximum Gasteiger partial charge on any atom is 0.322 e. The van der Waals surface area contributed by atoms with E-state index in [0.29, 0.717) is 13.1 Å². The third kappa shape index (κ3) is 4.58. The molecule has 0 spiro atoms. The fourth-order valence-electron chi connectivity index (χ4n) is 3.42. The summed E-state index contributed by atoms with van der Waals surface area (Å²) in [6, 6.07) is 1.33. The van der Waals surface area contributed by atoms with Gasteiger partial charge in [0.1, 0.15) is 0 Å². The van der Waals surface area contributed by atoms with Crippen molar-refractivity contribution in [3.8, 4) is 0 Å². The first-order valence-corrected chi connectivity index (χ1v) is 9.14. The number of allylic oxidation sites excluding steroid dienone is 1. The van der Waals surface area contributed by atoms with Gasteiger partial charge in [-0.3, -0.25) is 4.90 Å². The topological polar surface area (TPSA) is 35.6 Å². The third-order valence-electron chi connectivity index (χ3n) is 5.07. The van der Waals surface area contributed by atoms with Crippen molar-refractivity contribution in [1.82, 2.24) is 9.80 Å². The van der Waals surface area contributed by atoms with E-state index in [0.717, 1.165) is 38.2 Å². The van der Waals surface area contributed by atoms with Crippen molar-refractivity contribution in [3.05, 3.63) is 41.2 Å². The number of rotatable bonds is 4. The largest absolute Gasteiger partial charge is 0.322 e. The fourth-order valence-corrected chi connectivity index (χ4v) is 3.42. The van der Waals surface area contributed by atoms with E-state index >= 15 is 0 Å². The molecule has 1 aromatic carbocycles. The van der Waals surface area contributed by atoms with Gasteiger partial charge in [0.05, 0.1) is 5.69 Å². The monoisotopic (exact) mass is 367 g/mol. The standard InChI is InChI=1S/C19H24F3N3O/c20-15-6-7-16(18(22)17(15)21)23-19(26)25-12-10-24(11-13-25)9-8-14-4-2-1-3-5-14/h4,6-7H,1-3,5,8-13H2,(H,23,26). The molecule has 142 valence electrons. The summed E-state index contributed by atoms with van der Waals surface area (Å²) in [4.78, 5) is 16.1. The number of carbonyl (C=O) groups excluding carboxylic acids is 1. The van der Waals surface area contributed by atoms with Crippen LogP contribution in [0.2, 0.25) is 0 Å². The maximum absolute atomic E-state index is 13.7.